The highest BCUT2D eigenvalue weighted by atomic mass is 19.3. The first-order valence-electron chi connectivity index (χ1n) is 10.5. The zero-order valence-electron chi connectivity index (χ0n) is 17.2. The van der Waals surface area contributed by atoms with Gasteiger partial charge in [0.25, 0.3) is 0 Å². The van der Waals surface area contributed by atoms with E-state index in [2.05, 4.69) is 32.5 Å². The minimum Gasteiger partial charge on any atom is -0.354 e. The largest absolute Gasteiger partial charge is 0.354 e. The number of benzene rings is 1. The summed E-state index contributed by atoms with van der Waals surface area (Å²) in [5.41, 5.74) is 6.15. The lowest BCUT2D eigenvalue weighted by Gasteiger charge is -2.23. The maximum Gasteiger partial charge on any atom is 0.242 e. The summed E-state index contributed by atoms with van der Waals surface area (Å²) in [4.78, 5) is 7.85. The fourth-order valence-electron chi connectivity index (χ4n) is 4.68. The van der Waals surface area contributed by atoms with Gasteiger partial charge in [-0.3, -0.25) is 0 Å². The summed E-state index contributed by atoms with van der Waals surface area (Å²) >= 11 is 0. The van der Waals surface area contributed by atoms with E-state index < -0.39 is 6.43 Å². The second kappa shape index (κ2) is 7.47. The van der Waals surface area contributed by atoms with Gasteiger partial charge in [0.05, 0.1) is 5.69 Å². The molecule has 7 heteroatoms. The van der Waals surface area contributed by atoms with Crippen molar-refractivity contribution >= 4 is 16.6 Å². The van der Waals surface area contributed by atoms with Gasteiger partial charge in [0.2, 0.25) is 6.43 Å². The van der Waals surface area contributed by atoms with Crippen LogP contribution in [0.1, 0.15) is 41.3 Å². The molecule has 1 fully saturated rings. The summed E-state index contributed by atoms with van der Waals surface area (Å²) in [5, 5.41) is 8.70. The number of H-pyrrole nitrogens is 1. The van der Waals surface area contributed by atoms with Crippen molar-refractivity contribution in [1.29, 1.82) is 0 Å². The number of pyridine rings is 1. The summed E-state index contributed by atoms with van der Waals surface area (Å²) in [6, 6.07) is 8.29. The average Bonchev–Trinajstić information content (AvgIpc) is 3.28. The van der Waals surface area contributed by atoms with E-state index in [0.29, 0.717) is 17.3 Å². The molecule has 4 heterocycles. The van der Waals surface area contributed by atoms with Crippen LogP contribution >= 0.6 is 0 Å². The predicted octanol–water partition coefficient (Wildman–Crippen LogP) is 4.77. The van der Waals surface area contributed by atoms with Crippen molar-refractivity contribution in [1.82, 2.24) is 24.9 Å². The molecule has 0 unspecified atom stereocenters. The summed E-state index contributed by atoms with van der Waals surface area (Å²) in [6.07, 6.45) is 1.33. The van der Waals surface area contributed by atoms with E-state index in [9.17, 15) is 8.78 Å². The molecule has 1 aliphatic heterocycles. The van der Waals surface area contributed by atoms with Gasteiger partial charge in [0.1, 0.15) is 5.82 Å². The van der Waals surface area contributed by atoms with Crippen molar-refractivity contribution < 1.29 is 8.78 Å². The van der Waals surface area contributed by atoms with Gasteiger partial charge < -0.3 is 10.3 Å². The molecule has 0 spiro atoms. The van der Waals surface area contributed by atoms with Crippen molar-refractivity contribution in [3.05, 3.63) is 53.0 Å². The van der Waals surface area contributed by atoms with Crippen LogP contribution in [0.4, 0.5) is 8.78 Å². The Labute approximate surface area is 173 Å². The fraction of sp³-hybridized carbons (Fsp3) is 0.391. The number of nitrogens with zero attached hydrogens (tertiary/aromatic N) is 3. The standard InChI is InChI=1S/C23H25F2N5/c1-13-9-17(12-30-23(13)27-14(2)29-30)22-19(11-21(24)25)18-10-16(3-4-20(18)28-22)15-5-7-26-8-6-15/h3-4,9-10,12,15,21,26,28H,5-8,11H2,1-2H3. The number of fused-ring (bicyclic) bond motifs is 2. The van der Waals surface area contributed by atoms with E-state index in [0.717, 1.165) is 59.3 Å². The van der Waals surface area contributed by atoms with Crippen LogP contribution in [-0.2, 0) is 6.42 Å². The molecule has 30 heavy (non-hydrogen) atoms. The lowest BCUT2D eigenvalue weighted by molar-refractivity contribution is 0.149. The minimum atomic E-state index is -2.41. The fourth-order valence-corrected chi connectivity index (χ4v) is 4.68. The van der Waals surface area contributed by atoms with E-state index in [1.54, 1.807) is 4.52 Å². The maximum atomic E-state index is 13.6. The number of hydrogen-bond acceptors (Lipinski definition) is 3. The van der Waals surface area contributed by atoms with Gasteiger partial charge in [-0.05, 0) is 80.6 Å². The molecule has 1 aromatic carbocycles. The molecular weight excluding hydrogens is 384 g/mol. The molecule has 0 aliphatic carbocycles. The Bertz CT molecular complexity index is 1220. The first-order chi connectivity index (χ1) is 14.5. The molecule has 5 nitrogen and oxygen atoms in total. The van der Waals surface area contributed by atoms with E-state index in [1.165, 1.54) is 5.56 Å². The van der Waals surface area contributed by atoms with Gasteiger partial charge in [0, 0.05) is 29.1 Å². The maximum absolute atomic E-state index is 13.6. The minimum absolute atomic E-state index is 0.279. The van der Waals surface area contributed by atoms with Crippen LogP contribution in [0.3, 0.4) is 0 Å². The van der Waals surface area contributed by atoms with Crippen molar-refractivity contribution in [3.63, 3.8) is 0 Å². The summed E-state index contributed by atoms with van der Waals surface area (Å²) in [6.45, 7) is 5.82. The van der Waals surface area contributed by atoms with Gasteiger partial charge in [-0.15, -0.1) is 0 Å². The van der Waals surface area contributed by atoms with Crippen molar-refractivity contribution in [2.24, 2.45) is 0 Å². The zero-order valence-corrected chi connectivity index (χ0v) is 17.2. The third-order valence-electron chi connectivity index (χ3n) is 6.11. The summed E-state index contributed by atoms with van der Waals surface area (Å²) in [5.74, 6) is 1.16. The first kappa shape index (κ1) is 19.2. The Morgan fingerprint density at radius 3 is 2.73 bits per heavy atom. The van der Waals surface area contributed by atoms with E-state index in [-0.39, 0.29) is 6.42 Å². The average molecular weight is 409 g/mol. The number of halogens is 2. The number of hydrogen-bond donors (Lipinski definition) is 2. The SMILES string of the molecule is Cc1nc2c(C)cc(-c3[nH]c4ccc(C5CCNCC5)cc4c3CC(F)F)cn2n1. The molecule has 4 aromatic rings. The first-order valence-corrected chi connectivity index (χ1v) is 10.5. The van der Waals surface area contributed by atoms with Gasteiger partial charge in [-0.25, -0.2) is 18.3 Å². The molecule has 3 aromatic heterocycles. The Kier molecular flexibility index (Phi) is 4.77. The number of aromatic nitrogens is 4. The molecule has 0 bridgehead atoms. The number of alkyl halides is 2. The topological polar surface area (TPSA) is 58.0 Å². The second-order valence-electron chi connectivity index (χ2n) is 8.24. The Morgan fingerprint density at radius 2 is 1.97 bits per heavy atom. The second-order valence-corrected chi connectivity index (χ2v) is 8.24. The van der Waals surface area contributed by atoms with Crippen LogP contribution < -0.4 is 5.32 Å². The zero-order chi connectivity index (χ0) is 20.8. The van der Waals surface area contributed by atoms with Crippen LogP contribution in [0.5, 0.6) is 0 Å². The smallest absolute Gasteiger partial charge is 0.242 e. The molecule has 0 amide bonds. The van der Waals surface area contributed by atoms with Crippen LogP contribution in [0.25, 0.3) is 27.8 Å². The summed E-state index contributed by atoms with van der Waals surface area (Å²) < 4.78 is 28.9. The number of aryl methyl sites for hydroxylation is 2. The van der Waals surface area contributed by atoms with Gasteiger partial charge >= 0.3 is 0 Å². The predicted molar refractivity (Wildman–Crippen MR) is 114 cm³/mol. The molecule has 1 aliphatic rings. The number of nitrogens with one attached hydrogen (secondary N) is 2. The lowest BCUT2D eigenvalue weighted by atomic mass is 9.89. The van der Waals surface area contributed by atoms with E-state index in [1.807, 2.05) is 32.2 Å². The number of piperidine rings is 1. The van der Waals surface area contributed by atoms with Gasteiger partial charge in [-0.1, -0.05) is 6.07 Å². The summed E-state index contributed by atoms with van der Waals surface area (Å²) in [7, 11) is 0. The Morgan fingerprint density at radius 1 is 1.17 bits per heavy atom. The van der Waals surface area contributed by atoms with Crippen molar-refractivity contribution in [2.75, 3.05) is 13.1 Å². The Balaban J connectivity index is 1.67. The van der Waals surface area contributed by atoms with E-state index >= 15 is 0 Å². The molecule has 5 rings (SSSR count). The van der Waals surface area contributed by atoms with E-state index in [4.69, 9.17) is 0 Å². The monoisotopic (exact) mass is 409 g/mol. The lowest BCUT2D eigenvalue weighted by Crippen LogP contribution is -2.26. The van der Waals surface area contributed by atoms with Gasteiger partial charge in [0.15, 0.2) is 5.65 Å². The molecule has 156 valence electrons. The third kappa shape index (κ3) is 3.37. The van der Waals surface area contributed by atoms with Gasteiger partial charge in [-0.2, -0.15) is 5.10 Å². The van der Waals surface area contributed by atoms with Crippen LogP contribution in [0.15, 0.2) is 30.5 Å². The van der Waals surface area contributed by atoms with Crippen LogP contribution in [-0.4, -0.2) is 39.1 Å². The molecule has 0 atom stereocenters. The Hall–Kier alpha value is -2.80. The van der Waals surface area contributed by atoms with Crippen molar-refractivity contribution in [3.8, 4) is 11.3 Å². The van der Waals surface area contributed by atoms with Crippen LogP contribution in [0, 0.1) is 13.8 Å². The highest BCUT2D eigenvalue weighted by Crippen LogP contribution is 2.35. The quantitative estimate of drug-likeness (QED) is 0.511. The molecule has 0 saturated carbocycles. The normalized spacial score (nSPS) is 15.6. The number of aromatic amines is 1. The molecule has 2 N–H and O–H groups in total. The third-order valence-corrected chi connectivity index (χ3v) is 6.11. The van der Waals surface area contributed by atoms with Crippen LogP contribution in [0.2, 0.25) is 0 Å². The number of rotatable bonds is 4. The molecule has 1 saturated heterocycles. The molecule has 0 radical (unpaired) electrons. The molecular formula is C23H25F2N5. The van der Waals surface area contributed by atoms with Crippen molar-refractivity contribution in [2.45, 2.75) is 45.5 Å². The highest BCUT2D eigenvalue weighted by molar-refractivity contribution is 5.91. The highest BCUT2D eigenvalue weighted by Gasteiger charge is 2.21.